The second-order valence-corrected chi connectivity index (χ2v) is 8.56. The fraction of sp³-hybridized carbons (Fsp3) is 0.333. The third kappa shape index (κ3) is 6.45. The van der Waals surface area contributed by atoms with E-state index in [0.717, 1.165) is 24.3 Å². The van der Waals surface area contributed by atoms with E-state index in [2.05, 4.69) is 5.32 Å². The molecule has 1 amide bonds. The van der Waals surface area contributed by atoms with E-state index in [0.29, 0.717) is 0 Å². The van der Waals surface area contributed by atoms with E-state index >= 15 is 0 Å². The summed E-state index contributed by atoms with van der Waals surface area (Å²) in [5.74, 6) is -1.83. The van der Waals surface area contributed by atoms with Crippen LogP contribution < -0.4 is 10.1 Å². The van der Waals surface area contributed by atoms with E-state index in [-0.39, 0.29) is 35.0 Å². The fourth-order valence-electron chi connectivity index (χ4n) is 2.89. The molecule has 0 radical (unpaired) electrons. The number of ether oxygens (including phenoxy) is 2. The van der Waals surface area contributed by atoms with Crippen LogP contribution in [0, 0.1) is 0 Å². The third-order valence-electron chi connectivity index (χ3n) is 4.53. The van der Waals surface area contributed by atoms with Crippen molar-refractivity contribution in [1.82, 2.24) is 4.31 Å². The van der Waals surface area contributed by atoms with E-state index in [1.165, 1.54) is 29.6 Å². The van der Waals surface area contributed by atoms with Gasteiger partial charge < -0.3 is 14.8 Å². The molecule has 0 heterocycles. The van der Waals surface area contributed by atoms with Crippen molar-refractivity contribution in [2.45, 2.75) is 24.9 Å². The van der Waals surface area contributed by atoms with Crippen LogP contribution in [0.3, 0.4) is 0 Å². The van der Waals surface area contributed by atoms with Crippen molar-refractivity contribution in [2.24, 2.45) is 0 Å². The number of methoxy groups -OCH3 is 1. The molecule has 2 aromatic rings. The summed E-state index contributed by atoms with van der Waals surface area (Å²) >= 11 is 0. The molecular formula is C21H23F3N2O6S. The van der Waals surface area contributed by atoms with Crippen LogP contribution >= 0.6 is 0 Å². The van der Waals surface area contributed by atoms with Crippen LogP contribution in [-0.2, 0) is 25.7 Å². The van der Waals surface area contributed by atoms with Gasteiger partial charge in [0.25, 0.3) is 5.91 Å². The number of esters is 1. The van der Waals surface area contributed by atoms with Crippen LogP contribution in [0.1, 0.15) is 29.8 Å². The second kappa shape index (κ2) is 10.7. The maximum Gasteiger partial charge on any atom is 0.416 e. The second-order valence-electron chi connectivity index (χ2n) is 6.66. The number of carbonyl (C=O) groups excluding carboxylic acids is 2. The number of nitrogens with zero attached hydrogens (tertiary/aromatic N) is 1. The molecule has 0 aliphatic carbocycles. The highest BCUT2D eigenvalue weighted by molar-refractivity contribution is 7.89. The Bertz CT molecular complexity index is 1120. The lowest BCUT2D eigenvalue weighted by atomic mass is 10.2. The van der Waals surface area contributed by atoms with Crippen molar-refractivity contribution in [3.63, 3.8) is 0 Å². The fourth-order valence-corrected chi connectivity index (χ4v) is 4.53. The SMILES string of the molecule is CCN(CC)S(=O)(=O)c1cc(C(=O)OCC(=O)Nc2cccc(C(F)(F)F)c2)ccc1OC. The molecule has 8 nitrogen and oxygen atoms in total. The minimum absolute atomic E-state index is 0.0285. The first-order chi connectivity index (χ1) is 15.4. The van der Waals surface area contributed by atoms with Crippen LogP contribution in [0.25, 0.3) is 0 Å². The van der Waals surface area contributed by atoms with Gasteiger partial charge in [-0.15, -0.1) is 0 Å². The van der Waals surface area contributed by atoms with E-state index in [4.69, 9.17) is 9.47 Å². The first-order valence-corrected chi connectivity index (χ1v) is 11.2. The molecule has 0 fully saturated rings. The molecule has 33 heavy (non-hydrogen) atoms. The first kappa shape index (κ1) is 26.1. The number of carbonyl (C=O) groups is 2. The van der Waals surface area contributed by atoms with Crippen molar-refractivity contribution < 1.29 is 40.7 Å². The zero-order valence-corrected chi connectivity index (χ0v) is 18.9. The standard InChI is InChI=1S/C21H23F3N2O6S/c1-4-26(5-2)33(29,30)18-11-14(9-10-17(18)31-3)20(28)32-13-19(27)25-16-8-6-7-15(12-16)21(22,23)24/h6-12H,4-5,13H2,1-3H3,(H,25,27). The maximum absolute atomic E-state index is 12.9. The van der Waals surface area contributed by atoms with Gasteiger partial charge in [0.15, 0.2) is 6.61 Å². The van der Waals surface area contributed by atoms with Crippen LogP contribution in [0.5, 0.6) is 5.75 Å². The summed E-state index contributed by atoms with van der Waals surface area (Å²) in [5.41, 5.74) is -1.21. The van der Waals surface area contributed by atoms with Gasteiger partial charge >= 0.3 is 12.1 Å². The van der Waals surface area contributed by atoms with Crippen LogP contribution in [0.2, 0.25) is 0 Å². The van der Waals surface area contributed by atoms with Crippen LogP contribution in [-0.4, -0.2) is 51.4 Å². The average Bonchev–Trinajstić information content (AvgIpc) is 2.77. The van der Waals surface area contributed by atoms with E-state index in [1.807, 2.05) is 0 Å². The van der Waals surface area contributed by atoms with E-state index in [9.17, 15) is 31.2 Å². The topological polar surface area (TPSA) is 102 Å². The molecule has 0 saturated carbocycles. The summed E-state index contributed by atoms with van der Waals surface area (Å²) in [6.07, 6.45) is -4.58. The lowest BCUT2D eigenvalue weighted by molar-refractivity contribution is -0.137. The number of benzene rings is 2. The number of sulfonamides is 1. The molecule has 1 N–H and O–H groups in total. The van der Waals surface area contributed by atoms with Crippen LogP contribution in [0.4, 0.5) is 18.9 Å². The summed E-state index contributed by atoms with van der Waals surface area (Å²) in [5, 5.41) is 2.21. The summed E-state index contributed by atoms with van der Waals surface area (Å²) in [4.78, 5) is 24.1. The quantitative estimate of drug-likeness (QED) is 0.542. The van der Waals surface area contributed by atoms with Gasteiger partial charge in [-0.2, -0.15) is 17.5 Å². The normalized spacial score (nSPS) is 11.8. The Kier molecular flexibility index (Phi) is 8.45. The van der Waals surface area contributed by atoms with Crippen molar-refractivity contribution >= 4 is 27.6 Å². The Morgan fingerprint density at radius 1 is 1.06 bits per heavy atom. The van der Waals surface area contributed by atoms with Crippen molar-refractivity contribution in [3.05, 3.63) is 53.6 Å². The van der Waals surface area contributed by atoms with Gasteiger partial charge in [0, 0.05) is 18.8 Å². The van der Waals surface area contributed by atoms with Crippen LogP contribution in [0.15, 0.2) is 47.4 Å². The van der Waals surface area contributed by atoms with Gasteiger partial charge in [0.1, 0.15) is 10.6 Å². The average molecular weight is 488 g/mol. The van der Waals surface area contributed by atoms with Gasteiger partial charge in [-0.1, -0.05) is 19.9 Å². The highest BCUT2D eigenvalue weighted by Crippen LogP contribution is 2.31. The smallest absolute Gasteiger partial charge is 0.416 e. The Hall–Kier alpha value is -3.12. The molecular weight excluding hydrogens is 465 g/mol. The highest BCUT2D eigenvalue weighted by atomic mass is 32.2. The Morgan fingerprint density at radius 2 is 1.73 bits per heavy atom. The molecule has 12 heteroatoms. The van der Waals surface area contributed by atoms with Gasteiger partial charge in [-0.3, -0.25) is 4.79 Å². The lowest BCUT2D eigenvalue weighted by Crippen LogP contribution is -2.31. The number of halogens is 3. The predicted molar refractivity (Wildman–Crippen MR) is 113 cm³/mol. The number of hydrogen-bond acceptors (Lipinski definition) is 6. The van der Waals surface area contributed by atoms with Gasteiger partial charge in [0.05, 0.1) is 18.2 Å². The van der Waals surface area contributed by atoms with Crippen molar-refractivity contribution in [2.75, 3.05) is 32.1 Å². The number of anilines is 1. The number of nitrogens with one attached hydrogen (secondary N) is 1. The molecule has 0 bridgehead atoms. The minimum Gasteiger partial charge on any atom is -0.495 e. The van der Waals surface area contributed by atoms with E-state index in [1.54, 1.807) is 13.8 Å². The van der Waals surface area contributed by atoms with Gasteiger partial charge in [0.2, 0.25) is 10.0 Å². The summed E-state index contributed by atoms with van der Waals surface area (Å²) in [7, 11) is -2.67. The Labute approximate surface area is 189 Å². The number of rotatable bonds is 9. The number of alkyl halides is 3. The van der Waals surface area contributed by atoms with Gasteiger partial charge in [-0.05, 0) is 36.4 Å². The zero-order valence-electron chi connectivity index (χ0n) is 18.1. The number of hydrogen-bond donors (Lipinski definition) is 1. The molecule has 0 unspecified atom stereocenters. The van der Waals surface area contributed by atoms with Crippen molar-refractivity contribution in [3.8, 4) is 5.75 Å². The molecule has 2 rings (SSSR count). The monoisotopic (exact) mass is 488 g/mol. The van der Waals surface area contributed by atoms with Gasteiger partial charge in [-0.25, -0.2) is 13.2 Å². The zero-order chi connectivity index (χ0) is 24.8. The number of amides is 1. The Balaban J connectivity index is 2.14. The molecule has 2 aromatic carbocycles. The predicted octanol–water partition coefficient (Wildman–Crippen LogP) is 3.54. The molecule has 0 saturated heterocycles. The molecule has 0 aromatic heterocycles. The molecule has 0 spiro atoms. The molecule has 180 valence electrons. The summed E-state index contributed by atoms with van der Waals surface area (Å²) < 4.78 is 75.2. The Morgan fingerprint density at radius 3 is 2.30 bits per heavy atom. The molecule has 0 aliphatic rings. The minimum atomic E-state index is -4.58. The largest absolute Gasteiger partial charge is 0.495 e. The molecule has 0 aliphatic heterocycles. The first-order valence-electron chi connectivity index (χ1n) is 9.76. The van der Waals surface area contributed by atoms with Crippen molar-refractivity contribution in [1.29, 1.82) is 0 Å². The summed E-state index contributed by atoms with van der Waals surface area (Å²) in [6, 6.07) is 7.61. The lowest BCUT2D eigenvalue weighted by Gasteiger charge is -2.20. The summed E-state index contributed by atoms with van der Waals surface area (Å²) in [6.45, 7) is 2.93. The third-order valence-corrected chi connectivity index (χ3v) is 6.60. The highest BCUT2D eigenvalue weighted by Gasteiger charge is 2.30. The molecule has 0 atom stereocenters. The maximum atomic E-state index is 12.9. The van der Waals surface area contributed by atoms with E-state index < -0.39 is 40.2 Å².